The van der Waals surface area contributed by atoms with Gasteiger partial charge in [-0.1, -0.05) is 50.4 Å². The topological polar surface area (TPSA) is 12.0 Å². The van der Waals surface area contributed by atoms with Crippen LogP contribution in [0, 0.1) is 11.8 Å². The first-order valence-corrected chi connectivity index (χ1v) is 9.08. The third-order valence-corrected chi connectivity index (χ3v) is 5.11. The van der Waals surface area contributed by atoms with Crippen LogP contribution in [0.25, 0.3) is 0 Å². The molecule has 0 spiro atoms. The summed E-state index contributed by atoms with van der Waals surface area (Å²) in [6, 6.07) is 9.15. The zero-order valence-electron chi connectivity index (χ0n) is 13.6. The molecule has 0 radical (unpaired) electrons. The lowest BCUT2D eigenvalue weighted by atomic mass is 9.74. The smallest absolute Gasteiger partial charge is 0.0406 e. The molecule has 2 heteroatoms. The summed E-state index contributed by atoms with van der Waals surface area (Å²) in [6.45, 7) is 5.72. The summed E-state index contributed by atoms with van der Waals surface area (Å²) in [5.41, 5.74) is 1.44. The van der Waals surface area contributed by atoms with Gasteiger partial charge in [0.1, 0.15) is 0 Å². The highest BCUT2D eigenvalue weighted by molar-refractivity contribution is 6.30. The third kappa shape index (κ3) is 5.30. The van der Waals surface area contributed by atoms with E-state index in [0.717, 1.165) is 23.4 Å². The molecule has 3 atom stereocenters. The van der Waals surface area contributed by atoms with E-state index in [2.05, 4.69) is 31.3 Å². The summed E-state index contributed by atoms with van der Waals surface area (Å²) in [5.74, 6) is 1.72. The monoisotopic (exact) mass is 307 g/mol. The lowest BCUT2D eigenvalue weighted by molar-refractivity contribution is 0.194. The fourth-order valence-electron chi connectivity index (χ4n) is 3.78. The fourth-order valence-corrected chi connectivity index (χ4v) is 3.90. The molecule has 1 fully saturated rings. The summed E-state index contributed by atoms with van der Waals surface area (Å²) < 4.78 is 0. The molecule has 0 aliphatic heterocycles. The van der Waals surface area contributed by atoms with Gasteiger partial charge in [0.2, 0.25) is 0 Å². The second-order valence-electron chi connectivity index (χ2n) is 6.62. The largest absolute Gasteiger partial charge is 0.314 e. The van der Waals surface area contributed by atoms with Crippen molar-refractivity contribution < 1.29 is 0 Å². The summed E-state index contributed by atoms with van der Waals surface area (Å²) in [4.78, 5) is 0. The Kier molecular flexibility index (Phi) is 7.06. The second kappa shape index (κ2) is 8.80. The van der Waals surface area contributed by atoms with Gasteiger partial charge in [-0.2, -0.15) is 0 Å². The predicted octanol–water partition coefficient (Wildman–Crippen LogP) is 5.47. The Morgan fingerprint density at radius 2 is 1.86 bits per heavy atom. The molecule has 1 aromatic carbocycles. The van der Waals surface area contributed by atoms with Crippen LogP contribution in [-0.2, 0) is 6.42 Å². The number of rotatable bonds is 7. The van der Waals surface area contributed by atoms with Gasteiger partial charge in [0, 0.05) is 11.1 Å². The van der Waals surface area contributed by atoms with Gasteiger partial charge in [-0.25, -0.2) is 0 Å². The van der Waals surface area contributed by atoms with Crippen molar-refractivity contribution in [3.63, 3.8) is 0 Å². The van der Waals surface area contributed by atoms with Gasteiger partial charge >= 0.3 is 0 Å². The maximum Gasteiger partial charge on any atom is 0.0406 e. The van der Waals surface area contributed by atoms with Crippen molar-refractivity contribution >= 4 is 11.6 Å². The highest BCUT2D eigenvalue weighted by atomic mass is 35.5. The Balaban J connectivity index is 1.99. The summed E-state index contributed by atoms with van der Waals surface area (Å²) in [7, 11) is 0. The molecule has 0 saturated heterocycles. The Morgan fingerprint density at radius 3 is 2.52 bits per heavy atom. The molecule has 1 nitrogen and oxygen atoms in total. The number of halogens is 1. The van der Waals surface area contributed by atoms with Gasteiger partial charge in [0.05, 0.1) is 0 Å². The average molecular weight is 308 g/mol. The summed E-state index contributed by atoms with van der Waals surface area (Å²) in [6.07, 6.45) is 9.29. The Bertz CT molecular complexity index is 401. The first-order chi connectivity index (χ1) is 10.2. The van der Waals surface area contributed by atoms with Crippen LogP contribution in [0.4, 0.5) is 0 Å². The van der Waals surface area contributed by atoms with E-state index < -0.39 is 0 Å². The van der Waals surface area contributed by atoms with Crippen LogP contribution in [0.2, 0.25) is 5.02 Å². The van der Waals surface area contributed by atoms with Crippen LogP contribution < -0.4 is 5.32 Å². The van der Waals surface area contributed by atoms with Crippen molar-refractivity contribution in [1.82, 2.24) is 5.32 Å². The molecule has 1 aliphatic carbocycles. The minimum Gasteiger partial charge on any atom is -0.314 e. The molecular formula is C19H30ClN. The summed E-state index contributed by atoms with van der Waals surface area (Å²) >= 11 is 6.00. The molecule has 0 heterocycles. The number of nitrogens with one attached hydrogen (secondary N) is 1. The minimum atomic E-state index is 0.703. The van der Waals surface area contributed by atoms with Gasteiger partial charge in [0.25, 0.3) is 0 Å². The van der Waals surface area contributed by atoms with E-state index in [0.29, 0.717) is 6.04 Å². The zero-order chi connectivity index (χ0) is 15.1. The SMILES string of the molecule is CCCNC1CCC(CCC)CC1Cc1ccc(Cl)cc1. The summed E-state index contributed by atoms with van der Waals surface area (Å²) in [5, 5.41) is 4.63. The number of hydrogen-bond donors (Lipinski definition) is 1. The molecule has 1 saturated carbocycles. The Hall–Kier alpha value is -0.530. The molecule has 1 aliphatic rings. The van der Waals surface area contributed by atoms with Crippen molar-refractivity contribution in [1.29, 1.82) is 0 Å². The normalized spacial score (nSPS) is 26.0. The molecule has 0 amide bonds. The van der Waals surface area contributed by atoms with Crippen molar-refractivity contribution in [3.05, 3.63) is 34.9 Å². The maximum absolute atomic E-state index is 6.00. The molecule has 1 aromatic rings. The van der Waals surface area contributed by atoms with Gasteiger partial charge in [-0.3, -0.25) is 0 Å². The molecular weight excluding hydrogens is 278 g/mol. The van der Waals surface area contributed by atoms with E-state index in [9.17, 15) is 0 Å². The van der Waals surface area contributed by atoms with E-state index in [4.69, 9.17) is 11.6 Å². The lowest BCUT2D eigenvalue weighted by Crippen LogP contribution is -2.42. The molecule has 21 heavy (non-hydrogen) atoms. The molecule has 3 unspecified atom stereocenters. The highest BCUT2D eigenvalue weighted by Gasteiger charge is 2.29. The zero-order valence-corrected chi connectivity index (χ0v) is 14.3. The fraction of sp³-hybridized carbons (Fsp3) is 0.684. The van der Waals surface area contributed by atoms with Crippen LogP contribution >= 0.6 is 11.6 Å². The molecule has 2 rings (SSSR count). The molecule has 1 N–H and O–H groups in total. The van der Waals surface area contributed by atoms with E-state index >= 15 is 0 Å². The second-order valence-corrected chi connectivity index (χ2v) is 7.06. The Morgan fingerprint density at radius 1 is 1.10 bits per heavy atom. The first-order valence-electron chi connectivity index (χ1n) is 8.70. The molecule has 118 valence electrons. The van der Waals surface area contributed by atoms with Crippen molar-refractivity contribution in [2.24, 2.45) is 11.8 Å². The quantitative estimate of drug-likeness (QED) is 0.704. The third-order valence-electron chi connectivity index (χ3n) is 4.86. The Labute approximate surface area is 135 Å². The van der Waals surface area contributed by atoms with Gasteiger partial charge in [-0.15, -0.1) is 0 Å². The van der Waals surface area contributed by atoms with Crippen LogP contribution in [0.15, 0.2) is 24.3 Å². The van der Waals surface area contributed by atoms with Crippen molar-refractivity contribution in [2.45, 2.75) is 64.8 Å². The number of benzene rings is 1. The maximum atomic E-state index is 6.00. The first kappa shape index (κ1) is 16.8. The van der Waals surface area contributed by atoms with Gasteiger partial charge in [-0.05, 0) is 68.2 Å². The standard InChI is InChI=1S/C19H30ClN/c1-3-5-15-8-11-19(21-12-4-2)17(13-15)14-16-6-9-18(20)10-7-16/h6-7,9-10,15,17,19,21H,3-5,8,11-14H2,1-2H3. The van der Waals surface area contributed by atoms with Crippen molar-refractivity contribution in [2.75, 3.05) is 6.54 Å². The van der Waals surface area contributed by atoms with Crippen LogP contribution in [0.5, 0.6) is 0 Å². The van der Waals surface area contributed by atoms with Crippen LogP contribution in [0.1, 0.15) is 57.9 Å². The lowest BCUT2D eigenvalue weighted by Gasteiger charge is -2.37. The van der Waals surface area contributed by atoms with Gasteiger partial charge < -0.3 is 5.32 Å². The van der Waals surface area contributed by atoms with E-state index in [1.165, 1.54) is 50.5 Å². The number of hydrogen-bond acceptors (Lipinski definition) is 1. The molecule has 0 aromatic heterocycles. The predicted molar refractivity (Wildman–Crippen MR) is 93.0 cm³/mol. The molecule has 0 bridgehead atoms. The average Bonchev–Trinajstić information content (AvgIpc) is 2.49. The van der Waals surface area contributed by atoms with E-state index in [1.807, 2.05) is 12.1 Å². The van der Waals surface area contributed by atoms with Gasteiger partial charge in [0.15, 0.2) is 0 Å². The van der Waals surface area contributed by atoms with E-state index in [-0.39, 0.29) is 0 Å². The highest BCUT2D eigenvalue weighted by Crippen LogP contribution is 2.34. The van der Waals surface area contributed by atoms with Crippen molar-refractivity contribution in [3.8, 4) is 0 Å². The van der Waals surface area contributed by atoms with Crippen LogP contribution in [-0.4, -0.2) is 12.6 Å². The minimum absolute atomic E-state index is 0.703. The van der Waals surface area contributed by atoms with E-state index in [1.54, 1.807) is 0 Å². The van der Waals surface area contributed by atoms with Crippen LogP contribution in [0.3, 0.4) is 0 Å².